The van der Waals surface area contributed by atoms with Gasteiger partial charge >= 0.3 is 11.9 Å². The normalized spacial score (nSPS) is 9.24. The fourth-order valence-corrected chi connectivity index (χ4v) is 0.958. The fourth-order valence-electron chi connectivity index (χ4n) is 0.958. The van der Waals surface area contributed by atoms with Crippen molar-refractivity contribution in [1.82, 2.24) is 0 Å². The largest absolute Gasteiger partial charge is 0.478 e. The number of hydrogen-bond donors (Lipinski definition) is 2. The number of aliphatic hydroxyl groups is 1. The Bertz CT molecular complexity index is 381. The number of benzene rings is 1. The summed E-state index contributed by atoms with van der Waals surface area (Å²) >= 11 is 0. The van der Waals surface area contributed by atoms with E-state index in [0.717, 1.165) is 0 Å². The van der Waals surface area contributed by atoms with Crippen LogP contribution >= 0.6 is 0 Å². The lowest BCUT2D eigenvalue weighted by Crippen LogP contribution is -2.09. The lowest BCUT2D eigenvalue weighted by atomic mass is 10.1. The molecule has 1 aromatic rings. The molecule has 0 aromatic heterocycles. The molecule has 0 unspecified atom stereocenters. The number of carbonyl (C=O) groups is 2. The maximum atomic E-state index is 11.1. The van der Waals surface area contributed by atoms with Crippen molar-refractivity contribution in [3.05, 3.63) is 35.4 Å². The second-order valence-electron chi connectivity index (χ2n) is 3.44. The molecular weight excluding hydrogens is 224 g/mol. The van der Waals surface area contributed by atoms with Crippen LogP contribution in [-0.2, 0) is 4.74 Å². The first-order chi connectivity index (χ1) is 7.90. The molecule has 5 heteroatoms. The van der Waals surface area contributed by atoms with Gasteiger partial charge in [0.1, 0.15) is 0 Å². The molecule has 94 valence electrons. The number of aromatic carboxylic acids is 1. The molecule has 5 nitrogen and oxygen atoms in total. The highest BCUT2D eigenvalue weighted by molar-refractivity contribution is 6.02. The quantitative estimate of drug-likeness (QED) is 0.766. The summed E-state index contributed by atoms with van der Waals surface area (Å²) < 4.78 is 4.42. The van der Waals surface area contributed by atoms with Gasteiger partial charge in [-0.05, 0) is 26.0 Å². The molecule has 0 bridgehead atoms. The molecule has 0 saturated heterocycles. The third-order valence-corrected chi connectivity index (χ3v) is 1.56. The summed E-state index contributed by atoms with van der Waals surface area (Å²) in [7, 11) is 1.21. The van der Waals surface area contributed by atoms with Crippen LogP contribution in [0.1, 0.15) is 34.6 Å². The SMILES string of the molecule is CC(C)O.COC(=O)c1ccccc1C(=O)O. The Kier molecular flexibility index (Phi) is 6.58. The first kappa shape index (κ1) is 15.1. The smallest absolute Gasteiger partial charge is 0.338 e. The molecule has 0 heterocycles. The molecular formula is C12H16O5. The van der Waals surface area contributed by atoms with Gasteiger partial charge in [-0.3, -0.25) is 0 Å². The van der Waals surface area contributed by atoms with E-state index in [1.807, 2.05) is 0 Å². The second kappa shape index (κ2) is 7.40. The van der Waals surface area contributed by atoms with Gasteiger partial charge in [-0.2, -0.15) is 0 Å². The Morgan fingerprint density at radius 3 is 1.94 bits per heavy atom. The molecule has 1 aromatic carbocycles. The lowest BCUT2D eigenvalue weighted by Gasteiger charge is -2.02. The fraction of sp³-hybridized carbons (Fsp3) is 0.333. The van der Waals surface area contributed by atoms with Crippen LogP contribution < -0.4 is 0 Å². The molecule has 2 N–H and O–H groups in total. The van der Waals surface area contributed by atoms with E-state index in [1.165, 1.54) is 19.2 Å². The van der Waals surface area contributed by atoms with Gasteiger partial charge in [0.25, 0.3) is 0 Å². The van der Waals surface area contributed by atoms with Crippen LogP contribution in [0.15, 0.2) is 24.3 Å². The zero-order valence-electron chi connectivity index (χ0n) is 10.0. The summed E-state index contributed by atoms with van der Waals surface area (Å²) in [5.41, 5.74) is 0.0202. The molecule has 0 atom stereocenters. The summed E-state index contributed by atoms with van der Waals surface area (Å²) in [5, 5.41) is 16.8. The number of hydrogen-bond acceptors (Lipinski definition) is 4. The van der Waals surface area contributed by atoms with Crippen LogP contribution in [0.5, 0.6) is 0 Å². The number of aliphatic hydroxyl groups excluding tert-OH is 1. The number of carboxylic acid groups (broad SMARTS) is 1. The van der Waals surface area contributed by atoms with E-state index in [1.54, 1.807) is 26.0 Å². The molecule has 0 aliphatic rings. The average molecular weight is 240 g/mol. The van der Waals surface area contributed by atoms with Crippen molar-refractivity contribution in [2.24, 2.45) is 0 Å². The van der Waals surface area contributed by atoms with Crippen molar-refractivity contribution in [3.8, 4) is 0 Å². The average Bonchev–Trinajstić information content (AvgIpc) is 2.27. The van der Waals surface area contributed by atoms with Crippen LogP contribution in [0.4, 0.5) is 0 Å². The summed E-state index contributed by atoms with van der Waals surface area (Å²) in [4.78, 5) is 21.7. The van der Waals surface area contributed by atoms with E-state index in [0.29, 0.717) is 0 Å². The standard InChI is InChI=1S/C9H8O4.C3H8O/c1-13-9(12)7-5-3-2-4-6(7)8(10)11;1-3(2)4/h2-5H,1H3,(H,10,11);3-4H,1-2H3. The van der Waals surface area contributed by atoms with E-state index < -0.39 is 11.9 Å². The lowest BCUT2D eigenvalue weighted by molar-refractivity contribution is 0.0582. The molecule has 0 saturated carbocycles. The van der Waals surface area contributed by atoms with Gasteiger partial charge in [-0.15, -0.1) is 0 Å². The van der Waals surface area contributed by atoms with Crippen LogP contribution in [0.2, 0.25) is 0 Å². The summed E-state index contributed by atoms with van der Waals surface area (Å²) in [6, 6.07) is 5.90. The van der Waals surface area contributed by atoms with Gasteiger partial charge in [0.2, 0.25) is 0 Å². The van der Waals surface area contributed by atoms with Gasteiger partial charge in [0.15, 0.2) is 0 Å². The zero-order chi connectivity index (χ0) is 13.4. The van der Waals surface area contributed by atoms with Crippen LogP contribution in [0, 0.1) is 0 Å². The maximum Gasteiger partial charge on any atom is 0.338 e. The summed E-state index contributed by atoms with van der Waals surface area (Å²) in [5.74, 6) is -1.78. The molecule has 1 rings (SSSR count). The van der Waals surface area contributed by atoms with E-state index in [4.69, 9.17) is 10.2 Å². The van der Waals surface area contributed by atoms with Crippen molar-refractivity contribution in [1.29, 1.82) is 0 Å². The zero-order valence-corrected chi connectivity index (χ0v) is 10.0. The van der Waals surface area contributed by atoms with Crippen molar-refractivity contribution in [3.63, 3.8) is 0 Å². The van der Waals surface area contributed by atoms with Crippen molar-refractivity contribution in [2.45, 2.75) is 20.0 Å². The number of carboxylic acids is 1. The number of carbonyl (C=O) groups excluding carboxylic acids is 1. The van der Waals surface area contributed by atoms with Gasteiger partial charge in [0, 0.05) is 6.10 Å². The second-order valence-corrected chi connectivity index (χ2v) is 3.44. The third-order valence-electron chi connectivity index (χ3n) is 1.56. The Morgan fingerprint density at radius 2 is 1.59 bits per heavy atom. The van der Waals surface area contributed by atoms with Gasteiger partial charge in [0.05, 0.1) is 18.2 Å². The molecule has 0 aliphatic carbocycles. The topological polar surface area (TPSA) is 83.8 Å². The number of ether oxygens (including phenoxy) is 1. The third kappa shape index (κ3) is 5.67. The first-order valence-corrected chi connectivity index (χ1v) is 4.98. The van der Waals surface area contributed by atoms with Crippen molar-refractivity contribution < 1.29 is 24.5 Å². The van der Waals surface area contributed by atoms with E-state index in [-0.39, 0.29) is 17.2 Å². The van der Waals surface area contributed by atoms with Crippen LogP contribution in [0.25, 0.3) is 0 Å². The minimum Gasteiger partial charge on any atom is -0.478 e. The summed E-state index contributed by atoms with van der Waals surface area (Å²) in [6.07, 6.45) is -0.167. The Labute approximate surface area is 99.7 Å². The molecule has 0 amide bonds. The van der Waals surface area contributed by atoms with Gasteiger partial charge in [-0.1, -0.05) is 12.1 Å². The van der Waals surface area contributed by atoms with E-state index >= 15 is 0 Å². The van der Waals surface area contributed by atoms with Crippen LogP contribution in [-0.4, -0.2) is 35.4 Å². The van der Waals surface area contributed by atoms with Gasteiger partial charge in [-0.25, -0.2) is 9.59 Å². The molecule has 0 radical (unpaired) electrons. The Balaban J connectivity index is 0.000000557. The maximum absolute atomic E-state index is 11.1. The monoisotopic (exact) mass is 240 g/mol. The van der Waals surface area contributed by atoms with E-state index in [2.05, 4.69) is 4.74 Å². The van der Waals surface area contributed by atoms with Crippen molar-refractivity contribution >= 4 is 11.9 Å². The summed E-state index contributed by atoms with van der Waals surface area (Å²) in [6.45, 7) is 3.44. The molecule has 0 spiro atoms. The Morgan fingerprint density at radius 1 is 1.18 bits per heavy atom. The first-order valence-electron chi connectivity index (χ1n) is 4.98. The Hall–Kier alpha value is -1.88. The minimum atomic E-state index is -1.14. The van der Waals surface area contributed by atoms with Crippen molar-refractivity contribution in [2.75, 3.05) is 7.11 Å². The highest BCUT2D eigenvalue weighted by Gasteiger charge is 2.15. The minimum absolute atomic E-state index is 0.0469. The molecule has 17 heavy (non-hydrogen) atoms. The number of methoxy groups -OCH3 is 1. The number of esters is 1. The highest BCUT2D eigenvalue weighted by atomic mass is 16.5. The predicted octanol–water partition coefficient (Wildman–Crippen LogP) is 1.56. The van der Waals surface area contributed by atoms with Gasteiger partial charge < -0.3 is 14.9 Å². The van der Waals surface area contributed by atoms with Crippen LogP contribution in [0.3, 0.4) is 0 Å². The highest BCUT2D eigenvalue weighted by Crippen LogP contribution is 2.09. The number of rotatable bonds is 2. The molecule has 0 fully saturated rings. The predicted molar refractivity (Wildman–Crippen MR) is 62.1 cm³/mol. The van der Waals surface area contributed by atoms with E-state index in [9.17, 15) is 9.59 Å². The molecule has 0 aliphatic heterocycles.